The molecule has 3 heterocycles. The first-order valence-electron chi connectivity index (χ1n) is 9.50. The van der Waals surface area contributed by atoms with Gasteiger partial charge in [-0.2, -0.15) is 0 Å². The Balaban J connectivity index is 1.58. The van der Waals surface area contributed by atoms with Gasteiger partial charge in [-0.1, -0.05) is 50.2 Å². The quantitative estimate of drug-likeness (QED) is 0.532. The number of carbonyl (C=O) groups is 1. The summed E-state index contributed by atoms with van der Waals surface area (Å²) >= 11 is 1.59. The van der Waals surface area contributed by atoms with E-state index in [2.05, 4.69) is 48.5 Å². The number of rotatable bonds is 6. The van der Waals surface area contributed by atoms with E-state index in [0.717, 1.165) is 10.4 Å². The lowest BCUT2D eigenvalue weighted by Gasteiger charge is -2.19. The van der Waals surface area contributed by atoms with Crippen molar-refractivity contribution in [1.82, 2.24) is 19.5 Å². The molecular weight excluding hydrogens is 384 g/mol. The minimum Gasteiger partial charge on any atom is -0.343 e. The molecule has 7 heteroatoms. The van der Waals surface area contributed by atoms with Crippen LogP contribution in [0.5, 0.6) is 0 Å². The summed E-state index contributed by atoms with van der Waals surface area (Å²) in [7, 11) is 0. The molecule has 0 saturated carbocycles. The second-order valence-electron chi connectivity index (χ2n) is 7.21. The Labute approximate surface area is 172 Å². The topological polar surface area (TPSA) is 68.4 Å². The molecule has 0 saturated heterocycles. The predicted octanol–water partition coefficient (Wildman–Crippen LogP) is 3.59. The third kappa shape index (κ3) is 4.00. The monoisotopic (exact) mass is 406 g/mol. The molecule has 0 aliphatic heterocycles. The predicted molar refractivity (Wildman–Crippen MR) is 114 cm³/mol. The molecule has 4 rings (SSSR count). The maximum atomic E-state index is 12.8. The Hall–Kier alpha value is -3.19. The smallest absolute Gasteiger partial charge is 0.343 e. The molecule has 6 nitrogen and oxygen atoms in total. The standard InChI is InChI=1S/C22H22N4O2S/c1-15(2)16-8-10-17(11-9-16)21(18-6-5-13-29-18)23-20(27)14-26-22(28)25-12-4-3-7-19(25)24-26/h3-13,15,21H,14H2,1-2H3,(H,23,27). The van der Waals surface area contributed by atoms with Gasteiger partial charge in [0, 0.05) is 11.1 Å². The normalized spacial score (nSPS) is 12.4. The van der Waals surface area contributed by atoms with Gasteiger partial charge in [-0.3, -0.25) is 9.20 Å². The van der Waals surface area contributed by atoms with Crippen LogP contribution in [0.3, 0.4) is 0 Å². The second-order valence-corrected chi connectivity index (χ2v) is 8.19. The second kappa shape index (κ2) is 8.05. The van der Waals surface area contributed by atoms with E-state index >= 15 is 0 Å². The number of carbonyl (C=O) groups excluding carboxylic acids is 1. The lowest BCUT2D eigenvalue weighted by Crippen LogP contribution is -2.35. The minimum atomic E-state index is -0.329. The lowest BCUT2D eigenvalue weighted by molar-refractivity contribution is -0.122. The zero-order valence-corrected chi connectivity index (χ0v) is 17.1. The summed E-state index contributed by atoms with van der Waals surface area (Å²) in [6.45, 7) is 4.17. The van der Waals surface area contributed by atoms with E-state index in [9.17, 15) is 9.59 Å². The first-order valence-corrected chi connectivity index (χ1v) is 10.4. The van der Waals surface area contributed by atoms with Crippen LogP contribution in [0.1, 0.15) is 41.8 Å². The van der Waals surface area contributed by atoms with E-state index in [0.29, 0.717) is 11.6 Å². The first-order chi connectivity index (χ1) is 14.0. The van der Waals surface area contributed by atoms with E-state index in [-0.39, 0.29) is 24.2 Å². The summed E-state index contributed by atoms with van der Waals surface area (Å²) in [5, 5.41) is 9.29. The summed E-state index contributed by atoms with van der Waals surface area (Å²) in [6, 6.07) is 17.3. The molecule has 0 aliphatic carbocycles. The Morgan fingerprint density at radius 1 is 1.07 bits per heavy atom. The number of hydrogen-bond acceptors (Lipinski definition) is 4. The highest BCUT2D eigenvalue weighted by atomic mass is 32.1. The molecule has 1 amide bonds. The number of nitrogens with one attached hydrogen (secondary N) is 1. The molecule has 3 aromatic heterocycles. The number of amides is 1. The van der Waals surface area contributed by atoms with Crippen LogP contribution in [0, 0.1) is 0 Å². The number of fused-ring (bicyclic) bond motifs is 1. The number of aromatic nitrogens is 3. The Bertz CT molecular complexity index is 1170. The van der Waals surface area contributed by atoms with Gasteiger partial charge < -0.3 is 5.32 Å². The van der Waals surface area contributed by atoms with Gasteiger partial charge in [0.05, 0.1) is 6.04 Å². The van der Waals surface area contributed by atoms with Crippen molar-refractivity contribution in [2.24, 2.45) is 0 Å². The van der Waals surface area contributed by atoms with E-state index < -0.39 is 0 Å². The van der Waals surface area contributed by atoms with Gasteiger partial charge in [0.2, 0.25) is 5.91 Å². The van der Waals surface area contributed by atoms with Crippen LogP contribution in [0.2, 0.25) is 0 Å². The van der Waals surface area contributed by atoms with Crippen LogP contribution >= 0.6 is 11.3 Å². The molecule has 1 atom stereocenters. The Kier molecular flexibility index (Phi) is 5.31. The maximum absolute atomic E-state index is 12.8. The molecule has 1 N–H and O–H groups in total. The van der Waals surface area contributed by atoms with Crippen LogP contribution in [0.25, 0.3) is 5.65 Å². The number of thiophene rings is 1. The minimum absolute atomic E-state index is 0.132. The molecule has 0 bridgehead atoms. The van der Waals surface area contributed by atoms with Crippen LogP contribution in [0.15, 0.2) is 71.0 Å². The molecule has 148 valence electrons. The van der Waals surface area contributed by atoms with Gasteiger partial charge in [0.15, 0.2) is 5.65 Å². The Morgan fingerprint density at radius 2 is 1.83 bits per heavy atom. The lowest BCUT2D eigenvalue weighted by atomic mass is 9.98. The fourth-order valence-corrected chi connectivity index (χ4v) is 4.06. The van der Waals surface area contributed by atoms with Crippen molar-refractivity contribution in [3.8, 4) is 0 Å². The largest absolute Gasteiger partial charge is 0.350 e. The van der Waals surface area contributed by atoms with Crippen LogP contribution < -0.4 is 11.0 Å². The van der Waals surface area contributed by atoms with Crippen molar-refractivity contribution in [2.45, 2.75) is 32.4 Å². The SMILES string of the molecule is CC(C)c1ccc(C(NC(=O)Cn2nc3ccccn3c2=O)c2cccs2)cc1. The summed E-state index contributed by atoms with van der Waals surface area (Å²) in [6.07, 6.45) is 1.64. The van der Waals surface area contributed by atoms with E-state index in [1.54, 1.807) is 35.7 Å². The van der Waals surface area contributed by atoms with Crippen molar-refractivity contribution in [3.05, 3.63) is 92.7 Å². The van der Waals surface area contributed by atoms with Crippen molar-refractivity contribution in [1.29, 1.82) is 0 Å². The highest BCUT2D eigenvalue weighted by molar-refractivity contribution is 7.10. The van der Waals surface area contributed by atoms with E-state index in [4.69, 9.17) is 0 Å². The van der Waals surface area contributed by atoms with Gasteiger partial charge in [0.25, 0.3) is 0 Å². The highest BCUT2D eigenvalue weighted by Gasteiger charge is 2.19. The summed E-state index contributed by atoms with van der Waals surface area (Å²) in [5.41, 5.74) is 2.45. The number of pyridine rings is 1. The van der Waals surface area contributed by atoms with Gasteiger partial charge in [-0.15, -0.1) is 16.4 Å². The molecule has 0 spiro atoms. The molecule has 0 radical (unpaired) electrons. The zero-order valence-electron chi connectivity index (χ0n) is 16.3. The summed E-state index contributed by atoms with van der Waals surface area (Å²) in [4.78, 5) is 26.3. The van der Waals surface area contributed by atoms with E-state index in [1.165, 1.54) is 14.6 Å². The molecular formula is C22H22N4O2S. The van der Waals surface area contributed by atoms with Crippen molar-refractivity contribution in [2.75, 3.05) is 0 Å². The molecule has 1 aromatic carbocycles. The zero-order chi connectivity index (χ0) is 20.4. The summed E-state index contributed by atoms with van der Waals surface area (Å²) in [5.74, 6) is 0.183. The molecule has 4 aromatic rings. The van der Waals surface area contributed by atoms with Crippen molar-refractivity contribution < 1.29 is 4.79 Å². The third-order valence-electron chi connectivity index (χ3n) is 4.85. The van der Waals surface area contributed by atoms with Gasteiger partial charge in [-0.25, -0.2) is 9.48 Å². The maximum Gasteiger partial charge on any atom is 0.350 e. The average molecular weight is 407 g/mol. The van der Waals surface area contributed by atoms with E-state index in [1.807, 2.05) is 17.5 Å². The number of nitrogens with zero attached hydrogens (tertiary/aromatic N) is 3. The molecule has 1 unspecified atom stereocenters. The van der Waals surface area contributed by atoms with Gasteiger partial charge in [0.1, 0.15) is 6.54 Å². The van der Waals surface area contributed by atoms with Gasteiger partial charge >= 0.3 is 5.69 Å². The van der Waals surface area contributed by atoms with Crippen LogP contribution in [-0.2, 0) is 11.3 Å². The molecule has 0 fully saturated rings. The molecule has 0 aliphatic rings. The molecule has 29 heavy (non-hydrogen) atoms. The van der Waals surface area contributed by atoms with Crippen molar-refractivity contribution >= 4 is 22.9 Å². The van der Waals surface area contributed by atoms with Crippen molar-refractivity contribution in [3.63, 3.8) is 0 Å². The average Bonchev–Trinajstić information content (AvgIpc) is 3.35. The van der Waals surface area contributed by atoms with Crippen LogP contribution in [0.4, 0.5) is 0 Å². The summed E-state index contributed by atoms with van der Waals surface area (Å²) < 4.78 is 2.62. The van der Waals surface area contributed by atoms with Gasteiger partial charge in [-0.05, 0) is 40.6 Å². The number of benzene rings is 1. The number of hydrogen-bond donors (Lipinski definition) is 1. The Morgan fingerprint density at radius 3 is 2.48 bits per heavy atom. The first kappa shape index (κ1) is 19.1. The highest BCUT2D eigenvalue weighted by Crippen LogP contribution is 2.27. The fourth-order valence-electron chi connectivity index (χ4n) is 3.26. The fraction of sp³-hybridized carbons (Fsp3) is 0.227. The third-order valence-corrected chi connectivity index (χ3v) is 5.79. The van der Waals surface area contributed by atoms with Crippen LogP contribution in [-0.4, -0.2) is 20.1 Å².